The Kier molecular flexibility index (Phi) is 4.91. The molecule has 6 heteroatoms. The maximum atomic E-state index is 11.9. The quantitative estimate of drug-likeness (QED) is 0.679. The first kappa shape index (κ1) is 18.0. The molecule has 3 rings (SSSR count). The van der Waals surface area contributed by atoms with E-state index in [1.54, 1.807) is 4.73 Å². The van der Waals surface area contributed by atoms with Gasteiger partial charge >= 0.3 is 11.9 Å². The van der Waals surface area contributed by atoms with Crippen molar-refractivity contribution in [2.24, 2.45) is 5.41 Å². The summed E-state index contributed by atoms with van der Waals surface area (Å²) in [5.41, 5.74) is 2.83. The van der Waals surface area contributed by atoms with Crippen LogP contribution in [0.4, 0.5) is 0 Å². The summed E-state index contributed by atoms with van der Waals surface area (Å²) in [6.45, 7) is 5.58. The van der Waals surface area contributed by atoms with Gasteiger partial charge in [-0.05, 0) is 66.1 Å². The number of nitrogens with zero attached hydrogens (tertiary/aromatic N) is 1. The molecule has 0 spiro atoms. The molecule has 25 heavy (non-hydrogen) atoms. The molecule has 5 nitrogen and oxygen atoms in total. The molecule has 0 atom stereocenters. The summed E-state index contributed by atoms with van der Waals surface area (Å²) < 4.78 is 7.60. The fraction of sp³-hybridized carbons (Fsp3) is 0.474. The minimum atomic E-state index is -0.366. The summed E-state index contributed by atoms with van der Waals surface area (Å²) >= 11 is 3.56. The van der Waals surface area contributed by atoms with Crippen LogP contribution in [-0.2, 0) is 20.7 Å². The fourth-order valence-corrected chi connectivity index (χ4v) is 3.93. The number of halogens is 1. The topological polar surface area (TPSA) is 57.5 Å². The number of para-hydroxylation sites is 1. The highest BCUT2D eigenvalue weighted by Crippen LogP contribution is 2.53. The van der Waals surface area contributed by atoms with Crippen LogP contribution in [0.1, 0.15) is 44.4 Å². The molecule has 0 unspecified atom stereocenters. The highest BCUT2D eigenvalue weighted by molar-refractivity contribution is 9.10. The highest BCUT2D eigenvalue weighted by atomic mass is 79.9. The molecule has 1 heterocycles. The number of fused-ring (bicyclic) bond motifs is 1. The van der Waals surface area contributed by atoms with Crippen molar-refractivity contribution in [3.8, 4) is 0 Å². The van der Waals surface area contributed by atoms with Crippen molar-refractivity contribution < 1.29 is 19.2 Å². The van der Waals surface area contributed by atoms with Crippen LogP contribution in [0.15, 0.2) is 22.7 Å². The van der Waals surface area contributed by atoms with Crippen LogP contribution in [0.25, 0.3) is 10.9 Å². The Morgan fingerprint density at radius 3 is 2.64 bits per heavy atom. The summed E-state index contributed by atoms with van der Waals surface area (Å²) in [6.07, 6.45) is 3.24. The number of hydrogen-bond acceptors (Lipinski definition) is 4. The van der Waals surface area contributed by atoms with Gasteiger partial charge in [-0.2, -0.15) is 4.73 Å². The van der Waals surface area contributed by atoms with Crippen LogP contribution >= 0.6 is 15.9 Å². The number of esters is 1. The Hall–Kier alpha value is -1.82. The number of hydrogen-bond donors (Lipinski definition) is 0. The maximum absolute atomic E-state index is 11.9. The third-order valence-electron chi connectivity index (χ3n) is 4.81. The minimum absolute atomic E-state index is 0.0331. The van der Waals surface area contributed by atoms with E-state index < -0.39 is 0 Å². The van der Waals surface area contributed by atoms with Crippen LogP contribution in [0.2, 0.25) is 0 Å². The predicted molar refractivity (Wildman–Crippen MR) is 98.3 cm³/mol. The largest absolute Gasteiger partial charge is 0.466 e. The molecule has 2 aromatic rings. The van der Waals surface area contributed by atoms with Crippen molar-refractivity contribution in [2.75, 3.05) is 6.61 Å². The first-order valence-electron chi connectivity index (χ1n) is 8.50. The Balaban J connectivity index is 1.99. The van der Waals surface area contributed by atoms with Crippen LogP contribution in [0.3, 0.4) is 0 Å². The molecule has 1 aliphatic carbocycles. The van der Waals surface area contributed by atoms with Crippen LogP contribution < -0.4 is 4.84 Å². The molecule has 0 bridgehead atoms. The minimum Gasteiger partial charge on any atom is -0.466 e. The average molecular weight is 408 g/mol. The zero-order valence-electron chi connectivity index (χ0n) is 14.7. The van der Waals surface area contributed by atoms with E-state index in [-0.39, 0.29) is 17.4 Å². The molecular formula is C19H22BrNO4. The Morgan fingerprint density at radius 2 is 2.04 bits per heavy atom. The van der Waals surface area contributed by atoms with Crippen molar-refractivity contribution in [3.63, 3.8) is 0 Å². The lowest BCUT2D eigenvalue weighted by Crippen LogP contribution is -2.18. The van der Waals surface area contributed by atoms with Gasteiger partial charge in [-0.1, -0.05) is 12.1 Å². The molecule has 0 amide bonds. The van der Waals surface area contributed by atoms with Crippen molar-refractivity contribution in [3.05, 3.63) is 33.9 Å². The van der Waals surface area contributed by atoms with Crippen LogP contribution in [0, 0.1) is 12.3 Å². The van der Waals surface area contributed by atoms with Gasteiger partial charge in [0.25, 0.3) is 0 Å². The molecule has 134 valence electrons. The van der Waals surface area contributed by atoms with Gasteiger partial charge in [-0.15, -0.1) is 0 Å². The van der Waals surface area contributed by atoms with E-state index in [0.717, 1.165) is 45.9 Å². The van der Waals surface area contributed by atoms with E-state index in [9.17, 15) is 9.59 Å². The molecular weight excluding hydrogens is 386 g/mol. The summed E-state index contributed by atoms with van der Waals surface area (Å²) in [4.78, 5) is 28.9. The third kappa shape index (κ3) is 3.59. The predicted octanol–water partition coefficient (Wildman–Crippen LogP) is 3.96. The SMILES string of the molecule is CCOC(=O)CC1(Cc2c(C)n(OC(C)=O)c3c(Br)cccc23)CC1. The van der Waals surface area contributed by atoms with Gasteiger partial charge in [-0.25, -0.2) is 4.79 Å². The van der Waals surface area contributed by atoms with Crippen LogP contribution in [0.5, 0.6) is 0 Å². The second-order valence-electron chi connectivity index (χ2n) is 6.74. The van der Waals surface area contributed by atoms with Gasteiger partial charge in [0.2, 0.25) is 0 Å². The van der Waals surface area contributed by atoms with Crippen molar-refractivity contribution in [2.45, 2.75) is 46.5 Å². The smallest absolute Gasteiger partial charge is 0.329 e. The van der Waals surface area contributed by atoms with Crippen molar-refractivity contribution in [1.29, 1.82) is 0 Å². The lowest BCUT2D eigenvalue weighted by molar-refractivity contribution is -0.144. The summed E-state index contributed by atoms with van der Waals surface area (Å²) in [7, 11) is 0. The summed E-state index contributed by atoms with van der Waals surface area (Å²) in [6, 6.07) is 5.93. The first-order valence-corrected chi connectivity index (χ1v) is 9.29. The molecule has 0 N–H and O–H groups in total. The molecule has 1 saturated carbocycles. The van der Waals surface area contributed by atoms with Gasteiger partial charge in [-0.3, -0.25) is 4.79 Å². The van der Waals surface area contributed by atoms with E-state index >= 15 is 0 Å². The maximum Gasteiger partial charge on any atom is 0.329 e. The zero-order chi connectivity index (χ0) is 18.2. The Bertz CT molecular complexity index is 836. The third-order valence-corrected chi connectivity index (χ3v) is 5.45. The molecule has 1 aromatic carbocycles. The fourth-order valence-electron chi connectivity index (χ4n) is 3.40. The van der Waals surface area contributed by atoms with Crippen molar-refractivity contribution >= 4 is 38.8 Å². The lowest BCUT2D eigenvalue weighted by Gasteiger charge is -2.14. The van der Waals surface area contributed by atoms with E-state index in [2.05, 4.69) is 15.9 Å². The summed E-state index contributed by atoms with van der Waals surface area (Å²) in [5.74, 6) is -0.502. The molecule has 0 saturated heterocycles. The van der Waals surface area contributed by atoms with E-state index in [0.29, 0.717) is 13.0 Å². The molecule has 0 aliphatic heterocycles. The second-order valence-corrected chi connectivity index (χ2v) is 7.59. The number of carbonyl (C=O) groups excluding carboxylic acids is 2. The molecule has 0 radical (unpaired) electrons. The Labute approximate surface area is 155 Å². The number of rotatable bonds is 6. The molecule has 1 aliphatic rings. The number of aromatic nitrogens is 1. The summed E-state index contributed by atoms with van der Waals surface area (Å²) in [5, 5.41) is 1.04. The van der Waals surface area contributed by atoms with Gasteiger partial charge < -0.3 is 9.57 Å². The highest BCUT2D eigenvalue weighted by Gasteiger charge is 2.45. The van der Waals surface area contributed by atoms with Gasteiger partial charge in [0.15, 0.2) is 0 Å². The molecule has 1 fully saturated rings. The van der Waals surface area contributed by atoms with Gasteiger partial charge in [0.05, 0.1) is 18.7 Å². The lowest BCUT2D eigenvalue weighted by atomic mass is 9.91. The number of benzene rings is 1. The van der Waals surface area contributed by atoms with Gasteiger partial charge in [0, 0.05) is 16.8 Å². The first-order chi connectivity index (χ1) is 11.9. The Morgan fingerprint density at radius 1 is 1.32 bits per heavy atom. The van der Waals surface area contributed by atoms with E-state index in [4.69, 9.17) is 9.57 Å². The molecule has 1 aromatic heterocycles. The van der Waals surface area contributed by atoms with Crippen molar-refractivity contribution in [1.82, 2.24) is 4.73 Å². The normalized spacial score (nSPS) is 15.2. The van der Waals surface area contributed by atoms with Crippen LogP contribution in [-0.4, -0.2) is 23.3 Å². The monoisotopic (exact) mass is 407 g/mol. The number of ether oxygens (including phenoxy) is 1. The van der Waals surface area contributed by atoms with E-state index in [1.165, 1.54) is 6.92 Å². The average Bonchev–Trinajstić information content (AvgIpc) is 3.24. The van der Waals surface area contributed by atoms with Gasteiger partial charge in [0.1, 0.15) is 5.52 Å². The zero-order valence-corrected chi connectivity index (χ0v) is 16.3. The van der Waals surface area contributed by atoms with E-state index in [1.807, 2.05) is 32.0 Å². The number of carbonyl (C=O) groups is 2. The standard InChI is InChI=1S/C19H22BrNO4/c1-4-24-17(23)11-19(8-9-19)10-15-12(2)21(25-13(3)22)18-14(15)6-5-7-16(18)20/h5-7H,4,8-11H2,1-3H3. The second kappa shape index (κ2) is 6.83.